The van der Waals surface area contributed by atoms with E-state index >= 15 is 0 Å². The van der Waals surface area contributed by atoms with Crippen molar-refractivity contribution >= 4 is 11.9 Å². The summed E-state index contributed by atoms with van der Waals surface area (Å²) in [6.45, 7) is 0.861. The van der Waals surface area contributed by atoms with E-state index in [2.05, 4.69) is 20.6 Å². The van der Waals surface area contributed by atoms with E-state index in [0.717, 1.165) is 19.4 Å². The van der Waals surface area contributed by atoms with Gasteiger partial charge in [-0.05, 0) is 19.4 Å². The highest BCUT2D eigenvalue weighted by atomic mass is 16.5. The maximum Gasteiger partial charge on any atom is 0.243 e. The lowest BCUT2D eigenvalue weighted by Crippen LogP contribution is -2.36. The third-order valence-corrected chi connectivity index (χ3v) is 2.71. The molecule has 0 spiro atoms. The van der Waals surface area contributed by atoms with Crippen molar-refractivity contribution in [3.05, 3.63) is 6.07 Å². The fourth-order valence-corrected chi connectivity index (χ4v) is 1.77. The summed E-state index contributed by atoms with van der Waals surface area (Å²) in [6.07, 6.45) is 1.83. The molecule has 1 fully saturated rings. The van der Waals surface area contributed by atoms with E-state index in [4.69, 9.17) is 9.47 Å². The fraction of sp³-hybridized carbons (Fsp3) is 0.545. The Labute approximate surface area is 105 Å². The number of methoxy groups -OCH3 is 2. The second-order valence-corrected chi connectivity index (χ2v) is 3.91. The molecule has 1 atom stereocenters. The van der Waals surface area contributed by atoms with Crippen LogP contribution in [0.5, 0.6) is 11.8 Å². The molecule has 2 heterocycles. The molecule has 1 amide bonds. The van der Waals surface area contributed by atoms with Crippen molar-refractivity contribution in [1.82, 2.24) is 15.3 Å². The van der Waals surface area contributed by atoms with Gasteiger partial charge in [0.1, 0.15) is 0 Å². The van der Waals surface area contributed by atoms with Crippen LogP contribution in [0.3, 0.4) is 0 Å². The Morgan fingerprint density at radius 2 is 2.06 bits per heavy atom. The number of carbonyl (C=O) groups is 1. The van der Waals surface area contributed by atoms with Crippen molar-refractivity contribution in [1.29, 1.82) is 0 Å². The third-order valence-electron chi connectivity index (χ3n) is 2.71. The first-order valence-electron chi connectivity index (χ1n) is 5.74. The molecule has 0 unspecified atom stereocenters. The van der Waals surface area contributed by atoms with Crippen molar-refractivity contribution in [2.24, 2.45) is 0 Å². The first kappa shape index (κ1) is 12.6. The molecule has 18 heavy (non-hydrogen) atoms. The lowest BCUT2D eigenvalue weighted by molar-refractivity contribution is -0.117. The van der Waals surface area contributed by atoms with Gasteiger partial charge in [-0.15, -0.1) is 0 Å². The molecular weight excluding hydrogens is 236 g/mol. The quantitative estimate of drug-likeness (QED) is 0.795. The highest BCUT2D eigenvalue weighted by Crippen LogP contribution is 2.17. The number of nitrogens with one attached hydrogen (secondary N) is 2. The van der Waals surface area contributed by atoms with Gasteiger partial charge in [0.05, 0.1) is 26.3 Å². The third kappa shape index (κ3) is 2.86. The average Bonchev–Trinajstić information content (AvgIpc) is 2.92. The maximum absolute atomic E-state index is 11.9. The van der Waals surface area contributed by atoms with Crippen LogP contribution in [-0.2, 0) is 4.79 Å². The Hall–Kier alpha value is -1.89. The molecule has 0 aromatic carbocycles. The first-order valence-corrected chi connectivity index (χ1v) is 5.74. The zero-order valence-electron chi connectivity index (χ0n) is 10.4. The molecule has 0 aliphatic carbocycles. The van der Waals surface area contributed by atoms with Crippen molar-refractivity contribution in [2.45, 2.75) is 18.9 Å². The predicted octanol–water partition coefficient (Wildman–Crippen LogP) is 0.184. The van der Waals surface area contributed by atoms with Gasteiger partial charge in [-0.25, -0.2) is 0 Å². The van der Waals surface area contributed by atoms with Gasteiger partial charge < -0.3 is 14.8 Å². The summed E-state index contributed by atoms with van der Waals surface area (Å²) in [5, 5.41) is 5.75. The Bertz CT molecular complexity index is 410. The molecule has 0 radical (unpaired) electrons. The van der Waals surface area contributed by atoms with Crippen LogP contribution >= 0.6 is 0 Å². The second-order valence-electron chi connectivity index (χ2n) is 3.91. The molecular formula is C11H16N4O3. The van der Waals surface area contributed by atoms with Gasteiger partial charge in [-0.2, -0.15) is 9.97 Å². The summed E-state index contributed by atoms with van der Waals surface area (Å²) in [7, 11) is 2.98. The Morgan fingerprint density at radius 1 is 1.39 bits per heavy atom. The second kappa shape index (κ2) is 5.63. The highest BCUT2D eigenvalue weighted by molar-refractivity contribution is 5.93. The molecule has 7 heteroatoms. The smallest absolute Gasteiger partial charge is 0.243 e. The molecule has 1 aliphatic heterocycles. The number of aromatic nitrogens is 2. The number of anilines is 1. The van der Waals surface area contributed by atoms with E-state index in [-0.39, 0.29) is 17.9 Å². The maximum atomic E-state index is 11.9. The van der Waals surface area contributed by atoms with Crippen LogP contribution in [0, 0.1) is 0 Å². The number of hydrogen-bond acceptors (Lipinski definition) is 6. The van der Waals surface area contributed by atoms with Crippen LogP contribution in [-0.4, -0.2) is 42.7 Å². The van der Waals surface area contributed by atoms with Crippen molar-refractivity contribution in [3.63, 3.8) is 0 Å². The van der Waals surface area contributed by atoms with E-state index in [1.54, 1.807) is 6.07 Å². The summed E-state index contributed by atoms with van der Waals surface area (Å²) in [5.41, 5.74) is 0. The van der Waals surface area contributed by atoms with E-state index in [1.165, 1.54) is 14.2 Å². The van der Waals surface area contributed by atoms with Crippen LogP contribution < -0.4 is 20.1 Å². The summed E-state index contributed by atoms with van der Waals surface area (Å²) in [5.74, 6) is 0.737. The van der Waals surface area contributed by atoms with Gasteiger partial charge in [-0.3, -0.25) is 10.1 Å². The monoisotopic (exact) mass is 252 g/mol. The SMILES string of the molecule is COc1cc(OC)nc(NC(=O)[C@H]2CCCN2)n1. The molecule has 98 valence electrons. The summed E-state index contributed by atoms with van der Waals surface area (Å²) in [6, 6.07) is 1.37. The number of hydrogen-bond donors (Lipinski definition) is 2. The molecule has 2 rings (SSSR count). The minimum absolute atomic E-state index is 0.136. The van der Waals surface area contributed by atoms with E-state index in [9.17, 15) is 4.79 Å². The van der Waals surface area contributed by atoms with Gasteiger partial charge in [0.25, 0.3) is 0 Å². The standard InChI is InChI=1S/C11H16N4O3/c1-17-8-6-9(18-2)14-11(13-8)15-10(16)7-4-3-5-12-7/h6-7,12H,3-5H2,1-2H3,(H,13,14,15,16)/t7-/m1/s1. The van der Waals surface area contributed by atoms with Gasteiger partial charge in [0.2, 0.25) is 23.6 Å². The van der Waals surface area contributed by atoms with E-state index < -0.39 is 0 Å². The summed E-state index contributed by atoms with van der Waals surface area (Å²) >= 11 is 0. The van der Waals surface area contributed by atoms with Gasteiger partial charge in [0, 0.05) is 0 Å². The molecule has 1 aliphatic rings. The summed E-state index contributed by atoms with van der Waals surface area (Å²) < 4.78 is 10.0. The predicted molar refractivity (Wildman–Crippen MR) is 64.8 cm³/mol. The van der Waals surface area contributed by atoms with Crippen LogP contribution in [0.1, 0.15) is 12.8 Å². The number of rotatable bonds is 4. The van der Waals surface area contributed by atoms with Gasteiger partial charge in [-0.1, -0.05) is 0 Å². The number of carbonyl (C=O) groups excluding carboxylic acids is 1. The lowest BCUT2D eigenvalue weighted by Gasteiger charge is -2.11. The fourth-order valence-electron chi connectivity index (χ4n) is 1.77. The Balaban J connectivity index is 2.09. The highest BCUT2D eigenvalue weighted by Gasteiger charge is 2.22. The van der Waals surface area contributed by atoms with E-state index in [0.29, 0.717) is 11.8 Å². The van der Waals surface area contributed by atoms with Crippen LogP contribution in [0.2, 0.25) is 0 Å². The molecule has 1 aromatic heterocycles. The zero-order valence-corrected chi connectivity index (χ0v) is 10.4. The topological polar surface area (TPSA) is 85.4 Å². The molecule has 0 bridgehead atoms. The average molecular weight is 252 g/mol. The van der Waals surface area contributed by atoms with E-state index in [1.807, 2.05) is 0 Å². The number of ether oxygens (including phenoxy) is 2. The van der Waals surface area contributed by atoms with Crippen LogP contribution in [0.15, 0.2) is 6.07 Å². The zero-order chi connectivity index (χ0) is 13.0. The molecule has 1 aromatic rings. The summed E-state index contributed by atoms with van der Waals surface area (Å²) in [4.78, 5) is 20.0. The van der Waals surface area contributed by atoms with Crippen LogP contribution in [0.25, 0.3) is 0 Å². The van der Waals surface area contributed by atoms with Gasteiger partial charge >= 0.3 is 0 Å². The normalized spacial score (nSPS) is 18.4. The van der Waals surface area contributed by atoms with Gasteiger partial charge in [0.15, 0.2) is 0 Å². The van der Waals surface area contributed by atoms with Crippen molar-refractivity contribution in [2.75, 3.05) is 26.1 Å². The largest absolute Gasteiger partial charge is 0.481 e. The van der Waals surface area contributed by atoms with Crippen molar-refractivity contribution in [3.8, 4) is 11.8 Å². The number of nitrogens with zero attached hydrogens (tertiary/aromatic N) is 2. The van der Waals surface area contributed by atoms with Crippen LogP contribution in [0.4, 0.5) is 5.95 Å². The molecule has 1 saturated heterocycles. The van der Waals surface area contributed by atoms with Crippen molar-refractivity contribution < 1.29 is 14.3 Å². The first-order chi connectivity index (χ1) is 8.72. The number of amides is 1. The Morgan fingerprint density at radius 3 is 2.56 bits per heavy atom. The molecule has 0 saturated carbocycles. The minimum atomic E-state index is -0.175. The molecule has 7 nitrogen and oxygen atoms in total. The molecule has 2 N–H and O–H groups in total. The Kier molecular flexibility index (Phi) is 3.93. The lowest BCUT2D eigenvalue weighted by atomic mass is 10.2. The minimum Gasteiger partial charge on any atom is -0.481 e.